The Morgan fingerprint density at radius 2 is 2.07 bits per heavy atom. The molecule has 0 aromatic rings. The number of hydrogen-bond donors (Lipinski definition) is 0. The van der Waals surface area contributed by atoms with Gasteiger partial charge in [-0.25, -0.2) is 8.78 Å². The number of ether oxygens (including phenoxy) is 1. The molecule has 2 fully saturated rings. The van der Waals surface area contributed by atoms with E-state index in [0.717, 1.165) is 19.4 Å². The number of halogens is 2. The molecule has 0 radical (unpaired) electrons. The summed E-state index contributed by atoms with van der Waals surface area (Å²) in [5, 5.41) is 0. The van der Waals surface area contributed by atoms with E-state index in [0.29, 0.717) is 13.1 Å². The smallest absolute Gasteiger partial charge is 0.273 e. The maximum absolute atomic E-state index is 12.9. The highest BCUT2D eigenvalue weighted by Gasteiger charge is 2.56. The fourth-order valence-electron chi connectivity index (χ4n) is 2.34. The third-order valence-electron chi connectivity index (χ3n) is 3.02. The molecule has 0 N–H and O–H groups in total. The molecule has 4 heteroatoms. The first-order chi connectivity index (χ1) is 6.55. The second-order valence-corrected chi connectivity index (χ2v) is 4.57. The average Bonchev–Trinajstić information content (AvgIpc) is 2.36. The van der Waals surface area contributed by atoms with Crippen molar-refractivity contribution in [3.8, 4) is 0 Å². The molecule has 2 heterocycles. The van der Waals surface area contributed by atoms with Gasteiger partial charge in [0, 0.05) is 19.5 Å². The highest BCUT2D eigenvalue weighted by molar-refractivity contribution is 5.04. The second kappa shape index (κ2) is 3.42. The van der Waals surface area contributed by atoms with E-state index < -0.39 is 11.5 Å². The van der Waals surface area contributed by atoms with Crippen molar-refractivity contribution in [2.24, 2.45) is 0 Å². The van der Waals surface area contributed by atoms with E-state index in [1.54, 1.807) is 0 Å². The highest BCUT2D eigenvalue weighted by Crippen LogP contribution is 2.42. The molecule has 0 atom stereocenters. The Hall–Kier alpha value is -0.220. The van der Waals surface area contributed by atoms with Crippen molar-refractivity contribution in [1.29, 1.82) is 0 Å². The van der Waals surface area contributed by atoms with Crippen molar-refractivity contribution < 1.29 is 13.5 Å². The van der Waals surface area contributed by atoms with Crippen LogP contribution in [-0.2, 0) is 4.74 Å². The Morgan fingerprint density at radius 3 is 2.57 bits per heavy atom. The summed E-state index contributed by atoms with van der Waals surface area (Å²) in [4.78, 5) is 2.20. The number of rotatable bonds is 3. The van der Waals surface area contributed by atoms with Crippen LogP contribution in [0.25, 0.3) is 0 Å². The van der Waals surface area contributed by atoms with Gasteiger partial charge in [0.05, 0.1) is 5.60 Å². The van der Waals surface area contributed by atoms with Crippen molar-refractivity contribution in [3.05, 3.63) is 0 Å². The Kier molecular flexibility index (Phi) is 2.52. The predicted molar refractivity (Wildman–Crippen MR) is 49.6 cm³/mol. The molecule has 0 bridgehead atoms. The summed E-state index contributed by atoms with van der Waals surface area (Å²) >= 11 is 0. The van der Waals surface area contributed by atoms with Gasteiger partial charge in [-0.1, -0.05) is 13.3 Å². The normalized spacial score (nSPS) is 29.4. The molecular formula is C10H17F2NO. The lowest BCUT2D eigenvalue weighted by Crippen LogP contribution is -2.61. The minimum absolute atomic E-state index is 0.0807. The van der Waals surface area contributed by atoms with Crippen molar-refractivity contribution >= 4 is 0 Å². The van der Waals surface area contributed by atoms with Crippen LogP contribution < -0.4 is 0 Å². The minimum Gasteiger partial charge on any atom is -0.366 e. The van der Waals surface area contributed by atoms with E-state index in [1.165, 1.54) is 0 Å². The zero-order valence-corrected chi connectivity index (χ0v) is 8.56. The van der Waals surface area contributed by atoms with Crippen LogP contribution >= 0.6 is 0 Å². The summed E-state index contributed by atoms with van der Waals surface area (Å²) in [5.41, 5.74) is -0.503. The first kappa shape index (κ1) is 10.3. The molecule has 0 aromatic heterocycles. The summed E-state index contributed by atoms with van der Waals surface area (Å²) in [6, 6.07) is 0. The molecule has 2 rings (SSSR count). The molecule has 0 unspecified atom stereocenters. The third-order valence-corrected chi connectivity index (χ3v) is 3.02. The van der Waals surface area contributed by atoms with Gasteiger partial charge in [-0.2, -0.15) is 0 Å². The third kappa shape index (κ3) is 1.91. The lowest BCUT2D eigenvalue weighted by atomic mass is 9.89. The van der Waals surface area contributed by atoms with Gasteiger partial charge in [0.2, 0.25) is 0 Å². The van der Waals surface area contributed by atoms with Crippen LogP contribution in [0, 0.1) is 0 Å². The monoisotopic (exact) mass is 205 g/mol. The quantitative estimate of drug-likeness (QED) is 0.697. The molecule has 82 valence electrons. The van der Waals surface area contributed by atoms with E-state index >= 15 is 0 Å². The van der Waals surface area contributed by atoms with Crippen LogP contribution in [0.3, 0.4) is 0 Å². The Bertz CT molecular complexity index is 214. The van der Waals surface area contributed by atoms with Crippen molar-refractivity contribution in [2.45, 2.75) is 37.7 Å². The summed E-state index contributed by atoms with van der Waals surface area (Å²) in [6.07, 6.45) is 2.22. The Labute approximate surface area is 83.2 Å². The molecule has 1 spiro atoms. The van der Waals surface area contributed by atoms with Gasteiger partial charge in [0.25, 0.3) is 5.92 Å². The molecule has 14 heavy (non-hydrogen) atoms. The molecule has 2 nitrogen and oxygen atoms in total. The Balaban J connectivity index is 1.76. The van der Waals surface area contributed by atoms with Crippen molar-refractivity contribution in [1.82, 2.24) is 4.90 Å². The number of nitrogens with zero attached hydrogens (tertiary/aromatic N) is 1. The van der Waals surface area contributed by atoms with Crippen LogP contribution in [-0.4, -0.2) is 42.7 Å². The average molecular weight is 205 g/mol. The van der Waals surface area contributed by atoms with Crippen molar-refractivity contribution in [3.63, 3.8) is 0 Å². The van der Waals surface area contributed by atoms with Gasteiger partial charge >= 0.3 is 0 Å². The number of unbranched alkanes of at least 4 members (excludes halogenated alkanes) is 1. The molecular weight excluding hydrogens is 188 g/mol. The predicted octanol–water partition coefficient (Wildman–Crippen LogP) is 1.90. The summed E-state index contributed by atoms with van der Waals surface area (Å²) in [5.74, 6) is -2.59. The second-order valence-electron chi connectivity index (χ2n) is 4.57. The summed E-state index contributed by atoms with van der Waals surface area (Å²) in [6.45, 7) is 4.17. The molecule has 0 saturated carbocycles. The number of alkyl halides is 2. The number of hydrogen-bond acceptors (Lipinski definition) is 2. The van der Waals surface area contributed by atoms with Crippen LogP contribution in [0.5, 0.6) is 0 Å². The molecule has 2 aliphatic heterocycles. The van der Waals surface area contributed by atoms with Crippen molar-refractivity contribution in [2.75, 3.05) is 26.2 Å². The minimum atomic E-state index is -2.59. The van der Waals surface area contributed by atoms with E-state index in [9.17, 15) is 8.78 Å². The molecule has 2 aliphatic rings. The van der Waals surface area contributed by atoms with Crippen LogP contribution in [0.2, 0.25) is 0 Å². The zero-order chi connectivity index (χ0) is 10.2. The fourth-order valence-corrected chi connectivity index (χ4v) is 2.34. The van der Waals surface area contributed by atoms with Gasteiger partial charge in [-0.15, -0.1) is 0 Å². The van der Waals surface area contributed by atoms with E-state index in [-0.39, 0.29) is 13.0 Å². The maximum atomic E-state index is 12.9. The van der Waals surface area contributed by atoms with Crippen LogP contribution in [0.4, 0.5) is 8.78 Å². The maximum Gasteiger partial charge on any atom is 0.273 e. The molecule has 0 aliphatic carbocycles. The lowest BCUT2D eigenvalue weighted by Gasteiger charge is -2.46. The van der Waals surface area contributed by atoms with Gasteiger partial charge in [0.1, 0.15) is 6.61 Å². The molecule has 2 saturated heterocycles. The molecule has 0 aromatic carbocycles. The Morgan fingerprint density at radius 1 is 1.36 bits per heavy atom. The lowest BCUT2D eigenvalue weighted by molar-refractivity contribution is -0.111. The van der Waals surface area contributed by atoms with Gasteiger partial charge in [-0.05, 0) is 13.0 Å². The summed E-state index contributed by atoms with van der Waals surface area (Å²) in [7, 11) is 0. The van der Waals surface area contributed by atoms with Gasteiger partial charge in [0.15, 0.2) is 0 Å². The fraction of sp³-hybridized carbons (Fsp3) is 1.00. The van der Waals surface area contributed by atoms with E-state index in [1.807, 2.05) is 0 Å². The topological polar surface area (TPSA) is 12.5 Å². The van der Waals surface area contributed by atoms with Gasteiger partial charge in [-0.3, -0.25) is 4.90 Å². The first-order valence-corrected chi connectivity index (χ1v) is 5.29. The SMILES string of the molecule is CCCCN1CC2(C1)CC(F)(F)CO2. The van der Waals surface area contributed by atoms with E-state index in [2.05, 4.69) is 11.8 Å². The highest BCUT2D eigenvalue weighted by atomic mass is 19.3. The molecule has 0 amide bonds. The zero-order valence-electron chi connectivity index (χ0n) is 8.56. The standard InChI is InChI=1S/C10H17F2NO/c1-2-3-4-13-6-9(7-13)5-10(11,12)8-14-9/h2-8H2,1H3. The van der Waals surface area contributed by atoms with Gasteiger partial charge < -0.3 is 4.74 Å². The largest absolute Gasteiger partial charge is 0.366 e. The van der Waals surface area contributed by atoms with E-state index in [4.69, 9.17) is 4.74 Å². The summed E-state index contributed by atoms with van der Waals surface area (Å²) < 4.78 is 31.0. The van der Waals surface area contributed by atoms with Crippen LogP contribution in [0.1, 0.15) is 26.2 Å². The number of likely N-dealkylation sites (tertiary alicyclic amines) is 1. The van der Waals surface area contributed by atoms with Crippen LogP contribution in [0.15, 0.2) is 0 Å². The first-order valence-electron chi connectivity index (χ1n) is 5.29.